The van der Waals surface area contributed by atoms with Crippen LogP contribution in [0.25, 0.3) is 11.1 Å². The van der Waals surface area contributed by atoms with Gasteiger partial charge < -0.3 is 9.80 Å². The van der Waals surface area contributed by atoms with Gasteiger partial charge in [0.1, 0.15) is 0 Å². The SMILES string of the molecule is Cc1cc(N(c2ccc(Cl)cc2)c2ccc(C(C)(C)C)cc2)c(Br)c(N(c2ccc(C(C)(C)C)cc2)c2ccc(C(C)(C)C)cc2-c2ccccc2)c1. The van der Waals surface area contributed by atoms with E-state index in [2.05, 4.69) is 216 Å². The summed E-state index contributed by atoms with van der Waals surface area (Å²) in [7, 11) is 0. The van der Waals surface area contributed by atoms with Crippen LogP contribution in [0.2, 0.25) is 5.02 Å². The van der Waals surface area contributed by atoms with Gasteiger partial charge in [0.05, 0.1) is 21.5 Å². The van der Waals surface area contributed by atoms with E-state index in [-0.39, 0.29) is 16.2 Å². The minimum absolute atomic E-state index is 0.0139. The molecule has 0 atom stereocenters. The van der Waals surface area contributed by atoms with Crippen LogP contribution in [0.1, 0.15) is 84.6 Å². The van der Waals surface area contributed by atoms with Crippen molar-refractivity contribution < 1.29 is 0 Å². The third-order valence-electron chi connectivity index (χ3n) is 9.92. The van der Waals surface area contributed by atoms with Gasteiger partial charge in [-0.3, -0.25) is 0 Å². The van der Waals surface area contributed by atoms with Gasteiger partial charge in [0.25, 0.3) is 0 Å². The summed E-state index contributed by atoms with van der Waals surface area (Å²) in [5.74, 6) is 0. The van der Waals surface area contributed by atoms with E-state index < -0.39 is 0 Å². The molecule has 0 fully saturated rings. The number of anilines is 6. The zero-order chi connectivity index (χ0) is 38.3. The topological polar surface area (TPSA) is 6.48 Å². The molecular formula is C49H52BrClN2. The van der Waals surface area contributed by atoms with Gasteiger partial charge in [-0.05, 0) is 140 Å². The Bertz CT molecular complexity index is 2180. The minimum Gasteiger partial charge on any atom is -0.309 e. The van der Waals surface area contributed by atoms with Crippen LogP contribution in [0.5, 0.6) is 0 Å². The predicted octanol–water partition coefficient (Wildman–Crippen LogP) is 15.9. The van der Waals surface area contributed by atoms with Gasteiger partial charge in [0.2, 0.25) is 0 Å². The zero-order valence-corrected chi connectivity index (χ0v) is 35.2. The molecule has 0 bridgehead atoms. The van der Waals surface area contributed by atoms with E-state index in [0.29, 0.717) is 5.02 Å². The number of benzene rings is 6. The highest BCUT2D eigenvalue weighted by Crippen LogP contribution is 2.50. The molecule has 6 aromatic carbocycles. The van der Waals surface area contributed by atoms with E-state index in [9.17, 15) is 0 Å². The normalized spacial score (nSPS) is 12.2. The van der Waals surface area contributed by atoms with E-state index in [0.717, 1.165) is 44.2 Å². The van der Waals surface area contributed by atoms with Crippen LogP contribution in [-0.2, 0) is 16.2 Å². The molecule has 0 N–H and O–H groups in total. The molecule has 0 unspecified atom stereocenters. The standard InChI is InChI=1S/C49H52BrClN2/c1-33-30-44(52(40-27-21-38(51)22-28-40)39-23-16-35(17-24-39)47(2,3)4)46(50)45(31-33)53(41-25-18-36(19-26-41)48(5,6)7)43-29-20-37(49(8,9)10)32-42(43)34-14-12-11-13-15-34/h11-32H,1-10H3. The van der Waals surface area contributed by atoms with Crippen molar-refractivity contribution in [3.63, 3.8) is 0 Å². The number of halogens is 2. The van der Waals surface area contributed by atoms with E-state index in [1.54, 1.807) is 0 Å². The summed E-state index contributed by atoms with van der Waals surface area (Å²) in [6.45, 7) is 22.6. The smallest absolute Gasteiger partial charge is 0.0657 e. The maximum atomic E-state index is 6.45. The molecule has 272 valence electrons. The first kappa shape index (κ1) is 38.4. The van der Waals surface area contributed by atoms with Gasteiger partial charge in [0, 0.05) is 27.6 Å². The van der Waals surface area contributed by atoms with Crippen LogP contribution >= 0.6 is 27.5 Å². The summed E-state index contributed by atoms with van der Waals surface area (Å²) in [5.41, 5.74) is 13.8. The van der Waals surface area contributed by atoms with E-state index in [1.165, 1.54) is 27.8 Å². The number of hydrogen-bond donors (Lipinski definition) is 0. The molecule has 0 radical (unpaired) electrons. The Morgan fingerprint density at radius 2 is 0.868 bits per heavy atom. The summed E-state index contributed by atoms with van der Waals surface area (Å²) >= 11 is 10.7. The lowest BCUT2D eigenvalue weighted by Crippen LogP contribution is -2.17. The second kappa shape index (κ2) is 14.8. The van der Waals surface area contributed by atoms with E-state index in [4.69, 9.17) is 11.6 Å². The number of aryl methyl sites for hydroxylation is 1. The number of hydrogen-bond acceptors (Lipinski definition) is 2. The first-order valence-corrected chi connectivity index (χ1v) is 19.7. The summed E-state index contributed by atoms with van der Waals surface area (Å²) in [6.07, 6.45) is 0. The molecule has 0 aliphatic heterocycles. The summed E-state index contributed by atoms with van der Waals surface area (Å²) in [5, 5.41) is 0.706. The number of rotatable bonds is 7. The lowest BCUT2D eigenvalue weighted by molar-refractivity contribution is 0.590. The van der Waals surface area contributed by atoms with Crippen LogP contribution in [0, 0.1) is 6.92 Å². The van der Waals surface area contributed by atoms with Gasteiger partial charge >= 0.3 is 0 Å². The monoisotopic (exact) mass is 782 g/mol. The Morgan fingerprint density at radius 3 is 1.34 bits per heavy atom. The fourth-order valence-corrected chi connectivity index (χ4v) is 7.46. The van der Waals surface area contributed by atoms with Crippen LogP contribution in [0.3, 0.4) is 0 Å². The molecule has 0 spiro atoms. The average Bonchev–Trinajstić information content (AvgIpc) is 3.11. The Morgan fingerprint density at radius 1 is 0.453 bits per heavy atom. The first-order chi connectivity index (χ1) is 24.9. The molecule has 4 heteroatoms. The molecule has 2 nitrogen and oxygen atoms in total. The Hall–Kier alpha value is -4.31. The van der Waals surface area contributed by atoms with Crippen molar-refractivity contribution in [2.24, 2.45) is 0 Å². The van der Waals surface area contributed by atoms with Crippen LogP contribution in [0.4, 0.5) is 34.1 Å². The molecule has 0 aliphatic rings. The molecule has 0 aromatic heterocycles. The van der Waals surface area contributed by atoms with Crippen LogP contribution < -0.4 is 9.80 Å². The maximum Gasteiger partial charge on any atom is 0.0657 e. The molecule has 0 aliphatic carbocycles. The molecule has 6 aromatic rings. The van der Waals surface area contributed by atoms with E-state index >= 15 is 0 Å². The predicted molar refractivity (Wildman–Crippen MR) is 235 cm³/mol. The third kappa shape index (κ3) is 8.43. The fraction of sp³-hybridized carbons (Fsp3) is 0.265. The summed E-state index contributed by atoms with van der Waals surface area (Å²) in [6, 6.07) is 48.4. The molecule has 0 saturated heterocycles. The second-order valence-electron chi connectivity index (χ2n) is 17.2. The van der Waals surface area contributed by atoms with Crippen LogP contribution in [-0.4, -0.2) is 0 Å². The van der Waals surface area contributed by atoms with Crippen LogP contribution in [0.15, 0.2) is 138 Å². The summed E-state index contributed by atoms with van der Waals surface area (Å²) < 4.78 is 0.983. The molecular weight excluding hydrogens is 732 g/mol. The average molecular weight is 784 g/mol. The highest BCUT2D eigenvalue weighted by molar-refractivity contribution is 9.10. The number of nitrogens with zero attached hydrogens (tertiary/aromatic N) is 2. The quantitative estimate of drug-likeness (QED) is 0.159. The molecule has 53 heavy (non-hydrogen) atoms. The molecule has 0 heterocycles. The summed E-state index contributed by atoms with van der Waals surface area (Å²) in [4.78, 5) is 4.75. The lowest BCUT2D eigenvalue weighted by atomic mass is 9.84. The van der Waals surface area contributed by atoms with Crippen molar-refractivity contribution in [3.05, 3.63) is 165 Å². The van der Waals surface area contributed by atoms with Crippen molar-refractivity contribution in [2.45, 2.75) is 85.5 Å². The Kier molecular flexibility index (Phi) is 10.8. The fourth-order valence-electron chi connectivity index (χ4n) is 6.75. The van der Waals surface area contributed by atoms with Crippen molar-refractivity contribution in [2.75, 3.05) is 9.80 Å². The van der Waals surface area contributed by atoms with E-state index in [1.807, 2.05) is 12.1 Å². The lowest BCUT2D eigenvalue weighted by Gasteiger charge is -2.34. The largest absolute Gasteiger partial charge is 0.309 e. The minimum atomic E-state index is -0.0139. The van der Waals surface area contributed by atoms with Crippen molar-refractivity contribution in [3.8, 4) is 11.1 Å². The Labute approximate surface area is 331 Å². The first-order valence-electron chi connectivity index (χ1n) is 18.5. The van der Waals surface area contributed by atoms with Gasteiger partial charge in [-0.15, -0.1) is 0 Å². The molecule has 0 saturated carbocycles. The van der Waals surface area contributed by atoms with Crippen molar-refractivity contribution >= 4 is 61.7 Å². The Balaban J connectivity index is 1.64. The third-order valence-corrected chi connectivity index (χ3v) is 11.0. The molecule has 6 rings (SSSR count). The second-order valence-corrected chi connectivity index (χ2v) is 18.4. The van der Waals surface area contributed by atoms with Crippen molar-refractivity contribution in [1.82, 2.24) is 0 Å². The highest BCUT2D eigenvalue weighted by Gasteiger charge is 2.27. The zero-order valence-electron chi connectivity index (χ0n) is 32.9. The van der Waals surface area contributed by atoms with Gasteiger partial charge in [-0.1, -0.05) is 135 Å². The molecule has 0 amide bonds. The van der Waals surface area contributed by atoms with Gasteiger partial charge in [-0.2, -0.15) is 0 Å². The highest BCUT2D eigenvalue weighted by atomic mass is 79.9. The van der Waals surface area contributed by atoms with Gasteiger partial charge in [0.15, 0.2) is 0 Å². The van der Waals surface area contributed by atoms with Crippen molar-refractivity contribution in [1.29, 1.82) is 0 Å². The van der Waals surface area contributed by atoms with Gasteiger partial charge in [-0.25, -0.2) is 0 Å². The maximum absolute atomic E-state index is 6.45.